The molecular weight excluding hydrogens is 254 g/mol. The molecule has 0 aliphatic heterocycles. The summed E-state index contributed by atoms with van der Waals surface area (Å²) in [6.45, 7) is 8.35. The van der Waals surface area contributed by atoms with Gasteiger partial charge in [-0.1, -0.05) is 31.5 Å². The Morgan fingerprint density at radius 3 is 2.65 bits per heavy atom. The number of benzene rings is 1. The van der Waals surface area contributed by atoms with E-state index in [1.807, 2.05) is 45.9 Å². The molecule has 0 heterocycles. The number of hydrogen-bond acceptors (Lipinski definition) is 3. The zero-order valence-corrected chi connectivity index (χ0v) is 12.8. The van der Waals surface area contributed by atoms with Crippen molar-refractivity contribution in [3.63, 3.8) is 0 Å². The van der Waals surface area contributed by atoms with E-state index in [2.05, 4.69) is 5.32 Å². The van der Waals surface area contributed by atoms with Crippen molar-refractivity contribution < 1.29 is 14.6 Å². The van der Waals surface area contributed by atoms with Gasteiger partial charge in [0.05, 0.1) is 6.10 Å². The fraction of sp³-hybridized carbons (Fsp3) is 0.562. The van der Waals surface area contributed by atoms with E-state index in [0.717, 1.165) is 11.3 Å². The summed E-state index contributed by atoms with van der Waals surface area (Å²) in [7, 11) is 0. The minimum absolute atomic E-state index is 0.00166. The third-order valence-electron chi connectivity index (χ3n) is 3.22. The third-order valence-corrected chi connectivity index (χ3v) is 3.22. The highest BCUT2D eigenvalue weighted by atomic mass is 16.5. The number of ether oxygens (including phenoxy) is 1. The zero-order valence-electron chi connectivity index (χ0n) is 12.8. The smallest absolute Gasteiger partial charge is 0.257 e. The fourth-order valence-corrected chi connectivity index (χ4v) is 1.85. The Balaban J connectivity index is 2.29. The lowest BCUT2D eigenvalue weighted by Gasteiger charge is -2.14. The van der Waals surface area contributed by atoms with Crippen LogP contribution in [0.2, 0.25) is 0 Å². The summed E-state index contributed by atoms with van der Waals surface area (Å²) >= 11 is 0. The Morgan fingerprint density at radius 2 is 2.05 bits per heavy atom. The van der Waals surface area contributed by atoms with Crippen LogP contribution >= 0.6 is 0 Å². The summed E-state index contributed by atoms with van der Waals surface area (Å²) in [4.78, 5) is 11.6. The van der Waals surface area contributed by atoms with Crippen molar-refractivity contribution in [3.8, 4) is 5.75 Å². The second-order valence-electron chi connectivity index (χ2n) is 5.51. The topological polar surface area (TPSA) is 58.6 Å². The highest BCUT2D eigenvalue weighted by Gasteiger charge is 2.10. The third kappa shape index (κ3) is 5.61. The predicted octanol–water partition coefficient (Wildman–Crippen LogP) is 2.21. The Kier molecular flexibility index (Phi) is 6.52. The Hall–Kier alpha value is -1.55. The van der Waals surface area contributed by atoms with Crippen molar-refractivity contribution in [2.24, 2.45) is 5.92 Å². The summed E-state index contributed by atoms with van der Waals surface area (Å²) < 4.78 is 5.48. The van der Waals surface area contributed by atoms with Crippen LogP contribution in [0, 0.1) is 19.8 Å². The highest BCUT2D eigenvalue weighted by Crippen LogP contribution is 2.18. The van der Waals surface area contributed by atoms with Gasteiger partial charge in [-0.3, -0.25) is 4.79 Å². The molecule has 1 atom stereocenters. The summed E-state index contributed by atoms with van der Waals surface area (Å²) in [5.41, 5.74) is 2.19. The first-order valence-electron chi connectivity index (χ1n) is 7.05. The average Bonchev–Trinajstić information content (AvgIpc) is 2.37. The van der Waals surface area contributed by atoms with Crippen LogP contribution in [-0.4, -0.2) is 30.3 Å². The van der Waals surface area contributed by atoms with Crippen molar-refractivity contribution in [3.05, 3.63) is 29.3 Å². The summed E-state index contributed by atoms with van der Waals surface area (Å²) in [5.74, 6) is 0.771. The lowest BCUT2D eigenvalue weighted by molar-refractivity contribution is -0.123. The SMILES string of the molecule is Cc1ccc(OCC(=O)NCCC(O)C(C)C)c(C)c1. The van der Waals surface area contributed by atoms with Gasteiger partial charge in [-0.05, 0) is 37.8 Å². The number of hydrogen-bond donors (Lipinski definition) is 2. The summed E-state index contributed by atoms with van der Waals surface area (Å²) in [5, 5.41) is 12.4. The maximum Gasteiger partial charge on any atom is 0.257 e. The number of aryl methyl sites for hydroxylation is 2. The number of rotatable bonds is 7. The van der Waals surface area contributed by atoms with Gasteiger partial charge in [0.25, 0.3) is 5.91 Å². The normalized spacial score (nSPS) is 12.3. The molecule has 0 aromatic heterocycles. The van der Waals surface area contributed by atoms with Gasteiger partial charge in [0.2, 0.25) is 0 Å². The first-order valence-corrected chi connectivity index (χ1v) is 7.05. The van der Waals surface area contributed by atoms with Crippen LogP contribution in [0.4, 0.5) is 0 Å². The molecule has 0 bridgehead atoms. The molecule has 20 heavy (non-hydrogen) atoms. The first-order chi connectivity index (χ1) is 9.40. The van der Waals surface area contributed by atoms with E-state index < -0.39 is 0 Å². The largest absolute Gasteiger partial charge is 0.484 e. The van der Waals surface area contributed by atoms with E-state index in [0.29, 0.717) is 13.0 Å². The molecule has 4 nitrogen and oxygen atoms in total. The molecule has 2 N–H and O–H groups in total. The van der Waals surface area contributed by atoms with E-state index in [1.165, 1.54) is 5.56 Å². The standard InChI is InChI=1S/C16H25NO3/c1-11(2)14(18)7-8-17-16(19)10-20-15-6-5-12(3)9-13(15)4/h5-6,9,11,14,18H,7-8,10H2,1-4H3,(H,17,19). The van der Waals surface area contributed by atoms with Crippen molar-refractivity contribution in [2.45, 2.75) is 40.2 Å². The van der Waals surface area contributed by atoms with Crippen LogP contribution in [0.5, 0.6) is 5.75 Å². The molecule has 1 unspecified atom stereocenters. The molecule has 1 aromatic rings. The van der Waals surface area contributed by atoms with Crippen LogP contribution in [0.25, 0.3) is 0 Å². The van der Waals surface area contributed by atoms with Gasteiger partial charge < -0.3 is 15.2 Å². The van der Waals surface area contributed by atoms with Crippen LogP contribution in [0.3, 0.4) is 0 Å². The van der Waals surface area contributed by atoms with Gasteiger partial charge in [-0.2, -0.15) is 0 Å². The van der Waals surface area contributed by atoms with Crippen molar-refractivity contribution in [1.82, 2.24) is 5.32 Å². The molecule has 0 spiro atoms. The maximum atomic E-state index is 11.6. The molecule has 1 aromatic carbocycles. The van der Waals surface area contributed by atoms with Gasteiger partial charge in [0.1, 0.15) is 5.75 Å². The fourth-order valence-electron chi connectivity index (χ4n) is 1.85. The van der Waals surface area contributed by atoms with Crippen LogP contribution in [0.1, 0.15) is 31.4 Å². The molecule has 0 saturated carbocycles. The maximum absolute atomic E-state index is 11.6. The van der Waals surface area contributed by atoms with E-state index in [4.69, 9.17) is 4.74 Å². The number of carbonyl (C=O) groups excluding carboxylic acids is 1. The molecule has 1 amide bonds. The molecule has 0 aliphatic rings. The van der Waals surface area contributed by atoms with Gasteiger partial charge in [-0.15, -0.1) is 0 Å². The number of carbonyl (C=O) groups is 1. The quantitative estimate of drug-likeness (QED) is 0.804. The van der Waals surface area contributed by atoms with E-state index in [-0.39, 0.29) is 24.5 Å². The van der Waals surface area contributed by atoms with Crippen LogP contribution < -0.4 is 10.1 Å². The minimum atomic E-state index is -0.379. The number of nitrogens with one attached hydrogen (secondary N) is 1. The molecule has 0 aliphatic carbocycles. The molecule has 1 rings (SSSR count). The van der Waals surface area contributed by atoms with E-state index >= 15 is 0 Å². The highest BCUT2D eigenvalue weighted by molar-refractivity contribution is 5.77. The van der Waals surface area contributed by atoms with Crippen molar-refractivity contribution in [2.75, 3.05) is 13.2 Å². The molecule has 4 heteroatoms. The van der Waals surface area contributed by atoms with Crippen LogP contribution in [0.15, 0.2) is 18.2 Å². The average molecular weight is 279 g/mol. The number of amides is 1. The van der Waals surface area contributed by atoms with E-state index in [1.54, 1.807) is 0 Å². The van der Waals surface area contributed by atoms with E-state index in [9.17, 15) is 9.90 Å². The molecule has 112 valence electrons. The predicted molar refractivity (Wildman–Crippen MR) is 79.9 cm³/mol. The zero-order chi connectivity index (χ0) is 15.1. The van der Waals surface area contributed by atoms with Crippen molar-refractivity contribution >= 4 is 5.91 Å². The number of aliphatic hydroxyl groups is 1. The Morgan fingerprint density at radius 1 is 1.35 bits per heavy atom. The summed E-state index contributed by atoms with van der Waals surface area (Å²) in [6.07, 6.45) is 0.183. The minimum Gasteiger partial charge on any atom is -0.484 e. The second-order valence-corrected chi connectivity index (χ2v) is 5.51. The monoisotopic (exact) mass is 279 g/mol. The van der Waals surface area contributed by atoms with Gasteiger partial charge in [-0.25, -0.2) is 0 Å². The Bertz CT molecular complexity index is 443. The van der Waals surface area contributed by atoms with Gasteiger partial charge >= 0.3 is 0 Å². The summed E-state index contributed by atoms with van der Waals surface area (Å²) in [6, 6.07) is 5.85. The number of aliphatic hydroxyl groups excluding tert-OH is 1. The van der Waals surface area contributed by atoms with Crippen molar-refractivity contribution in [1.29, 1.82) is 0 Å². The first kappa shape index (κ1) is 16.5. The van der Waals surface area contributed by atoms with Crippen LogP contribution in [-0.2, 0) is 4.79 Å². The molecular formula is C16H25NO3. The molecule has 0 fully saturated rings. The lowest BCUT2D eigenvalue weighted by atomic mass is 10.0. The molecule has 0 saturated heterocycles. The van der Waals surface area contributed by atoms with Gasteiger partial charge in [0.15, 0.2) is 6.61 Å². The van der Waals surface area contributed by atoms with Gasteiger partial charge in [0, 0.05) is 6.54 Å². The second kappa shape index (κ2) is 7.90. The molecule has 0 radical (unpaired) electrons. The lowest BCUT2D eigenvalue weighted by Crippen LogP contribution is -2.32. The Labute approximate surface area is 121 Å².